The maximum atomic E-state index is 6.26. The van der Waals surface area contributed by atoms with Gasteiger partial charge in [-0.15, -0.1) is 0 Å². The molecular weight excluding hydrogens is 746 g/mol. The average Bonchev–Trinajstić information content (AvgIpc) is 3.19. The zero-order chi connectivity index (χ0) is 38.0. The second-order valence-corrected chi connectivity index (χ2v) is 15.8. The van der Waals surface area contributed by atoms with Crippen molar-refractivity contribution in [1.29, 1.82) is 0 Å². The molecule has 6 heteroatoms. The maximum absolute atomic E-state index is 6.26. The Bertz CT molecular complexity index is 1850. The fourth-order valence-corrected chi connectivity index (χ4v) is 7.86. The third-order valence-corrected chi connectivity index (χ3v) is 11.2. The molecule has 0 aliphatic rings. The Morgan fingerprint density at radius 3 is 0.963 bits per heavy atom. The minimum atomic E-state index is 0.296. The van der Waals surface area contributed by atoms with Gasteiger partial charge in [0, 0.05) is 63.6 Å². The molecule has 0 amide bonds. The highest BCUT2D eigenvalue weighted by Gasteiger charge is 2.22. The molecule has 0 heterocycles. The van der Waals surface area contributed by atoms with Crippen molar-refractivity contribution in [3.63, 3.8) is 0 Å². The van der Waals surface area contributed by atoms with Crippen molar-refractivity contribution in [2.45, 2.75) is 78.6 Å². The zero-order valence-corrected chi connectivity index (χ0v) is 34.4. The van der Waals surface area contributed by atoms with Crippen molar-refractivity contribution in [2.75, 3.05) is 9.80 Å². The van der Waals surface area contributed by atoms with E-state index in [0.717, 1.165) is 72.0 Å². The van der Waals surface area contributed by atoms with Gasteiger partial charge in [-0.25, -0.2) is 0 Å². The Morgan fingerprint density at radius 1 is 0.407 bits per heavy atom. The first-order valence-electron chi connectivity index (χ1n) is 19.0. The van der Waals surface area contributed by atoms with Crippen LogP contribution in [0.2, 0.25) is 20.1 Å². The molecule has 0 aromatic heterocycles. The Labute approximate surface area is 342 Å². The monoisotopic (exact) mass is 792 g/mol. The lowest BCUT2D eigenvalue weighted by molar-refractivity contribution is 0.684. The predicted molar refractivity (Wildman–Crippen MR) is 234 cm³/mol. The molecule has 278 valence electrons. The lowest BCUT2D eigenvalue weighted by Gasteiger charge is -2.30. The van der Waals surface area contributed by atoms with Crippen LogP contribution >= 0.6 is 46.4 Å². The molecule has 0 fully saturated rings. The maximum Gasteiger partial charge on any atom is 0.0433 e. The van der Waals surface area contributed by atoms with Gasteiger partial charge in [0.25, 0.3) is 0 Å². The first-order valence-corrected chi connectivity index (χ1v) is 20.5. The van der Waals surface area contributed by atoms with Gasteiger partial charge in [0.15, 0.2) is 0 Å². The van der Waals surface area contributed by atoms with E-state index in [1.807, 2.05) is 48.5 Å². The van der Waals surface area contributed by atoms with Gasteiger partial charge in [0.1, 0.15) is 0 Å². The Hall–Kier alpha value is -3.92. The molecule has 0 unspecified atom stereocenters. The summed E-state index contributed by atoms with van der Waals surface area (Å²) < 4.78 is 0. The van der Waals surface area contributed by atoms with E-state index in [1.165, 1.54) is 55.9 Å². The van der Waals surface area contributed by atoms with Crippen LogP contribution in [0.4, 0.5) is 11.4 Å². The highest BCUT2D eigenvalue weighted by Crippen LogP contribution is 2.38. The second-order valence-electron chi connectivity index (χ2n) is 14.0. The summed E-state index contributed by atoms with van der Waals surface area (Å²) in [5.41, 5.74) is 12.9. The van der Waals surface area contributed by atoms with Crippen molar-refractivity contribution >= 4 is 57.8 Å². The molecule has 0 saturated carbocycles. The molecule has 0 bridgehead atoms. The van der Waals surface area contributed by atoms with Gasteiger partial charge in [-0.05, 0) is 137 Å². The summed E-state index contributed by atoms with van der Waals surface area (Å²) in [7, 11) is 0. The summed E-state index contributed by atoms with van der Waals surface area (Å²) in [6.07, 6.45) is 4.08. The Kier molecular flexibility index (Phi) is 14.1. The number of rotatable bonds is 16. The molecule has 6 rings (SSSR count). The molecule has 6 aromatic carbocycles. The van der Waals surface area contributed by atoms with E-state index in [2.05, 4.69) is 116 Å². The van der Waals surface area contributed by atoms with Gasteiger partial charge in [0.2, 0.25) is 0 Å². The number of benzene rings is 6. The third-order valence-electron chi connectivity index (χ3n) is 10.2. The summed E-state index contributed by atoms with van der Waals surface area (Å²) >= 11 is 25.0. The number of hydrogen-bond acceptors (Lipinski definition) is 2. The zero-order valence-electron chi connectivity index (χ0n) is 31.3. The molecule has 0 aliphatic carbocycles. The van der Waals surface area contributed by atoms with Crippen LogP contribution in [0.1, 0.15) is 84.0 Å². The van der Waals surface area contributed by atoms with Gasteiger partial charge < -0.3 is 9.80 Å². The fourth-order valence-electron chi connectivity index (χ4n) is 7.35. The SMILES string of the molecule is CCCC(c1ccc(N(Cc2ccc(Cl)cc2)Cc2ccc(Cl)cc2)cc1CC)c1ccc(N(Cc2ccc(Cl)cc2)Cc2ccc(Cl)cc2)cc1CC. The van der Waals surface area contributed by atoms with Crippen LogP contribution < -0.4 is 9.80 Å². The van der Waals surface area contributed by atoms with Gasteiger partial charge in [0.05, 0.1) is 0 Å². The average molecular weight is 795 g/mol. The van der Waals surface area contributed by atoms with E-state index in [0.29, 0.717) is 5.92 Å². The lowest BCUT2D eigenvalue weighted by atomic mass is 9.81. The van der Waals surface area contributed by atoms with Crippen LogP contribution in [0.15, 0.2) is 133 Å². The first kappa shape index (κ1) is 39.8. The smallest absolute Gasteiger partial charge is 0.0433 e. The molecule has 0 atom stereocenters. The molecule has 0 spiro atoms. The highest BCUT2D eigenvalue weighted by molar-refractivity contribution is 6.31. The minimum absolute atomic E-state index is 0.296. The van der Waals surface area contributed by atoms with Crippen LogP contribution in [0, 0.1) is 0 Å². The van der Waals surface area contributed by atoms with E-state index < -0.39 is 0 Å². The third kappa shape index (κ3) is 10.4. The molecule has 2 nitrogen and oxygen atoms in total. The number of aryl methyl sites for hydroxylation is 2. The summed E-state index contributed by atoms with van der Waals surface area (Å²) in [4.78, 5) is 4.90. The van der Waals surface area contributed by atoms with Gasteiger partial charge in [-0.1, -0.05) is 134 Å². The molecular formula is C48H48Cl4N2. The van der Waals surface area contributed by atoms with Crippen LogP contribution in [-0.4, -0.2) is 0 Å². The van der Waals surface area contributed by atoms with Crippen LogP contribution in [-0.2, 0) is 39.0 Å². The summed E-state index contributed by atoms with van der Waals surface area (Å²) in [6.45, 7) is 9.94. The minimum Gasteiger partial charge on any atom is -0.363 e. The van der Waals surface area contributed by atoms with Crippen LogP contribution in [0.5, 0.6) is 0 Å². The van der Waals surface area contributed by atoms with Crippen LogP contribution in [0.3, 0.4) is 0 Å². The molecule has 0 saturated heterocycles. The molecule has 54 heavy (non-hydrogen) atoms. The van der Waals surface area contributed by atoms with Crippen molar-refractivity contribution in [1.82, 2.24) is 0 Å². The standard InChI is InChI=1S/C48H48Cl4N2/c1-4-7-48(46-26-24-44(28-38(46)5-2)53(30-34-8-16-40(49)17-9-34)31-35-10-18-41(50)19-11-35)47-27-25-45(29-39(47)6-3)54(32-36-12-20-42(51)21-13-36)33-37-14-22-43(52)23-15-37/h8-29,48H,4-7,30-33H2,1-3H3. The first-order chi connectivity index (χ1) is 26.2. The quantitative estimate of drug-likeness (QED) is 0.0963. The largest absolute Gasteiger partial charge is 0.363 e. The van der Waals surface area contributed by atoms with E-state index in [9.17, 15) is 0 Å². The fraction of sp³-hybridized carbons (Fsp3) is 0.250. The van der Waals surface area contributed by atoms with Crippen molar-refractivity contribution in [3.05, 3.63) is 198 Å². The number of hydrogen-bond donors (Lipinski definition) is 0. The topological polar surface area (TPSA) is 6.48 Å². The Balaban J connectivity index is 1.34. The Morgan fingerprint density at radius 2 is 0.704 bits per heavy atom. The lowest BCUT2D eigenvalue weighted by Crippen LogP contribution is -2.23. The number of anilines is 2. The molecule has 0 N–H and O–H groups in total. The normalized spacial score (nSPS) is 11.3. The number of nitrogens with zero attached hydrogens (tertiary/aromatic N) is 2. The predicted octanol–water partition coefficient (Wildman–Crippen LogP) is 14.8. The summed E-state index contributed by atoms with van der Waals surface area (Å²) in [6, 6.07) is 47.0. The van der Waals surface area contributed by atoms with Crippen molar-refractivity contribution in [3.8, 4) is 0 Å². The van der Waals surface area contributed by atoms with Gasteiger partial charge >= 0.3 is 0 Å². The van der Waals surface area contributed by atoms with E-state index >= 15 is 0 Å². The van der Waals surface area contributed by atoms with Crippen molar-refractivity contribution in [2.24, 2.45) is 0 Å². The summed E-state index contributed by atoms with van der Waals surface area (Å²) in [5.74, 6) is 0.296. The highest BCUT2D eigenvalue weighted by atomic mass is 35.5. The second kappa shape index (κ2) is 19.1. The van der Waals surface area contributed by atoms with Gasteiger partial charge in [-0.2, -0.15) is 0 Å². The van der Waals surface area contributed by atoms with Gasteiger partial charge in [-0.3, -0.25) is 0 Å². The molecule has 0 aliphatic heterocycles. The van der Waals surface area contributed by atoms with Crippen molar-refractivity contribution < 1.29 is 0 Å². The molecule has 0 radical (unpaired) electrons. The van der Waals surface area contributed by atoms with E-state index in [-0.39, 0.29) is 0 Å². The molecule has 6 aromatic rings. The summed E-state index contributed by atoms with van der Waals surface area (Å²) in [5, 5.41) is 2.99. The van der Waals surface area contributed by atoms with E-state index in [1.54, 1.807) is 0 Å². The number of halogens is 4. The van der Waals surface area contributed by atoms with Crippen LogP contribution in [0.25, 0.3) is 0 Å². The van der Waals surface area contributed by atoms with E-state index in [4.69, 9.17) is 46.4 Å².